The van der Waals surface area contributed by atoms with Crippen LogP contribution < -0.4 is 0 Å². The van der Waals surface area contributed by atoms with E-state index in [4.69, 9.17) is 4.74 Å². The number of fused-ring (bicyclic) bond motifs is 1. The van der Waals surface area contributed by atoms with E-state index in [0.29, 0.717) is 5.92 Å². The van der Waals surface area contributed by atoms with E-state index in [0.717, 1.165) is 19.3 Å². The zero-order chi connectivity index (χ0) is 11.2. The second-order valence-corrected chi connectivity index (χ2v) is 5.33. The lowest BCUT2D eigenvalue weighted by Crippen LogP contribution is -2.37. The maximum absolute atomic E-state index is 11.7. The van der Waals surface area contributed by atoms with Gasteiger partial charge in [-0.2, -0.15) is 0 Å². The molecule has 1 amide bonds. The Bertz CT molecular complexity index is 295. The zero-order valence-electron chi connectivity index (χ0n) is 9.40. The van der Waals surface area contributed by atoms with E-state index in [1.54, 1.807) is 4.90 Å². The van der Waals surface area contributed by atoms with Crippen LogP contribution in [0.15, 0.2) is 0 Å². The van der Waals surface area contributed by atoms with Gasteiger partial charge in [-0.3, -0.25) is 0 Å². The summed E-state index contributed by atoms with van der Waals surface area (Å²) in [7, 11) is 0. The van der Waals surface area contributed by atoms with Crippen LogP contribution in [-0.2, 0) is 9.53 Å². The first kappa shape index (κ1) is 10.5. The molecule has 1 heterocycles. The first-order valence-corrected chi connectivity index (χ1v) is 5.39. The summed E-state index contributed by atoms with van der Waals surface area (Å²) in [5.41, 5.74) is -0.458. The minimum absolute atomic E-state index is 0.0614. The lowest BCUT2D eigenvalue weighted by molar-refractivity contribution is -0.109. The molecule has 2 fully saturated rings. The number of likely N-dealkylation sites (tertiary alicyclic amines) is 1. The fourth-order valence-electron chi connectivity index (χ4n) is 2.34. The number of carbonyl (C=O) groups excluding carboxylic acids is 2. The number of amides is 1. The predicted octanol–water partition coefficient (Wildman–Crippen LogP) is 1.44. The van der Waals surface area contributed by atoms with Crippen molar-refractivity contribution >= 4 is 12.4 Å². The van der Waals surface area contributed by atoms with E-state index in [9.17, 15) is 9.59 Å². The van der Waals surface area contributed by atoms with Crippen molar-refractivity contribution in [1.29, 1.82) is 0 Å². The van der Waals surface area contributed by atoms with Gasteiger partial charge in [0.1, 0.15) is 11.9 Å². The summed E-state index contributed by atoms with van der Waals surface area (Å²) < 4.78 is 5.28. The fraction of sp³-hybridized carbons (Fsp3) is 0.818. The maximum Gasteiger partial charge on any atom is 0.410 e. The quantitative estimate of drug-likeness (QED) is 0.616. The van der Waals surface area contributed by atoms with Crippen molar-refractivity contribution in [2.45, 2.75) is 38.8 Å². The lowest BCUT2D eigenvalue weighted by atomic mass is 10.2. The van der Waals surface area contributed by atoms with E-state index in [-0.39, 0.29) is 18.1 Å². The van der Waals surface area contributed by atoms with Gasteiger partial charge in [-0.15, -0.1) is 0 Å². The summed E-state index contributed by atoms with van der Waals surface area (Å²) in [6.45, 7) is 6.28. The summed E-state index contributed by atoms with van der Waals surface area (Å²) >= 11 is 0. The van der Waals surface area contributed by atoms with Crippen molar-refractivity contribution in [3.8, 4) is 0 Å². The molecule has 3 atom stereocenters. The summed E-state index contributed by atoms with van der Waals surface area (Å²) in [5, 5.41) is 0. The van der Waals surface area contributed by atoms with E-state index >= 15 is 0 Å². The molecule has 0 aromatic heterocycles. The van der Waals surface area contributed by atoms with Crippen LogP contribution in [-0.4, -0.2) is 35.5 Å². The third kappa shape index (κ3) is 1.85. The van der Waals surface area contributed by atoms with Crippen LogP contribution in [0.25, 0.3) is 0 Å². The first-order chi connectivity index (χ1) is 6.94. The molecule has 0 bridgehead atoms. The number of nitrogens with zero attached hydrogens (tertiary/aromatic N) is 1. The molecule has 0 radical (unpaired) electrons. The van der Waals surface area contributed by atoms with Crippen LogP contribution in [0, 0.1) is 11.8 Å². The van der Waals surface area contributed by atoms with Crippen LogP contribution in [0.1, 0.15) is 27.2 Å². The molecule has 1 aliphatic carbocycles. The standard InChI is InChI=1S/C11H17NO3/c1-11(2,3)15-10(14)12-5-4-7-8(6-13)9(7)12/h6-9H,4-5H2,1-3H3/t7-,8?,9-/m1/s1. The Labute approximate surface area is 89.6 Å². The Morgan fingerprint density at radius 2 is 2.13 bits per heavy atom. The molecule has 15 heavy (non-hydrogen) atoms. The van der Waals surface area contributed by atoms with Gasteiger partial charge in [-0.25, -0.2) is 4.79 Å². The monoisotopic (exact) mass is 211 g/mol. The van der Waals surface area contributed by atoms with Crippen LogP contribution in [0.5, 0.6) is 0 Å². The molecule has 84 valence electrons. The minimum atomic E-state index is -0.458. The van der Waals surface area contributed by atoms with Crippen molar-refractivity contribution < 1.29 is 14.3 Å². The molecule has 1 saturated carbocycles. The predicted molar refractivity (Wildman–Crippen MR) is 54.4 cm³/mol. The molecule has 0 aromatic rings. The smallest absolute Gasteiger partial charge is 0.410 e. The second-order valence-electron chi connectivity index (χ2n) is 5.33. The zero-order valence-corrected chi connectivity index (χ0v) is 9.40. The molecule has 0 N–H and O–H groups in total. The van der Waals surface area contributed by atoms with Crippen LogP contribution in [0.3, 0.4) is 0 Å². The Kier molecular flexibility index (Phi) is 2.24. The molecule has 1 aliphatic heterocycles. The molecule has 1 unspecified atom stereocenters. The third-order valence-corrected chi connectivity index (χ3v) is 3.03. The number of aldehydes is 1. The fourth-order valence-corrected chi connectivity index (χ4v) is 2.34. The van der Waals surface area contributed by atoms with Crippen molar-refractivity contribution in [2.24, 2.45) is 11.8 Å². The Morgan fingerprint density at radius 1 is 1.47 bits per heavy atom. The van der Waals surface area contributed by atoms with Crippen molar-refractivity contribution in [2.75, 3.05) is 6.54 Å². The van der Waals surface area contributed by atoms with Gasteiger partial charge in [0, 0.05) is 18.5 Å². The molecule has 4 heteroatoms. The van der Waals surface area contributed by atoms with E-state index < -0.39 is 5.60 Å². The van der Waals surface area contributed by atoms with E-state index in [2.05, 4.69) is 0 Å². The highest BCUT2D eigenvalue weighted by atomic mass is 16.6. The molecular weight excluding hydrogens is 194 g/mol. The van der Waals surface area contributed by atoms with Crippen LogP contribution in [0.4, 0.5) is 4.79 Å². The molecule has 0 spiro atoms. The first-order valence-electron chi connectivity index (χ1n) is 5.39. The van der Waals surface area contributed by atoms with Crippen LogP contribution in [0.2, 0.25) is 0 Å². The highest BCUT2D eigenvalue weighted by molar-refractivity contribution is 5.73. The number of rotatable bonds is 1. The third-order valence-electron chi connectivity index (χ3n) is 3.03. The maximum atomic E-state index is 11.7. The number of hydrogen-bond acceptors (Lipinski definition) is 3. The molecule has 4 nitrogen and oxygen atoms in total. The molecule has 1 saturated heterocycles. The number of ether oxygens (including phenoxy) is 1. The van der Waals surface area contributed by atoms with Gasteiger partial charge in [0.2, 0.25) is 0 Å². The number of hydrogen-bond donors (Lipinski definition) is 0. The Hall–Kier alpha value is -1.06. The average molecular weight is 211 g/mol. The second kappa shape index (κ2) is 3.22. The highest BCUT2D eigenvalue weighted by Gasteiger charge is 2.59. The largest absolute Gasteiger partial charge is 0.444 e. The molecule has 2 aliphatic rings. The summed E-state index contributed by atoms with van der Waals surface area (Å²) in [6, 6.07) is 0.123. The van der Waals surface area contributed by atoms with Crippen LogP contribution >= 0.6 is 0 Å². The van der Waals surface area contributed by atoms with Gasteiger partial charge in [-0.1, -0.05) is 0 Å². The van der Waals surface area contributed by atoms with Gasteiger partial charge in [0.15, 0.2) is 0 Å². The van der Waals surface area contributed by atoms with Crippen molar-refractivity contribution in [1.82, 2.24) is 4.90 Å². The normalized spacial score (nSPS) is 33.5. The Balaban J connectivity index is 1.95. The van der Waals surface area contributed by atoms with Crippen molar-refractivity contribution in [3.63, 3.8) is 0 Å². The molecular formula is C11H17NO3. The van der Waals surface area contributed by atoms with Gasteiger partial charge in [-0.05, 0) is 33.1 Å². The number of piperidine rings is 1. The summed E-state index contributed by atoms with van der Waals surface area (Å²) in [4.78, 5) is 24.1. The summed E-state index contributed by atoms with van der Waals surface area (Å²) in [6.07, 6.45) is 1.62. The topological polar surface area (TPSA) is 46.6 Å². The van der Waals surface area contributed by atoms with Crippen molar-refractivity contribution in [3.05, 3.63) is 0 Å². The van der Waals surface area contributed by atoms with E-state index in [1.165, 1.54) is 0 Å². The van der Waals surface area contributed by atoms with Gasteiger partial charge in [0.05, 0.1) is 0 Å². The lowest BCUT2D eigenvalue weighted by Gasteiger charge is -2.25. The Morgan fingerprint density at radius 3 is 2.60 bits per heavy atom. The SMILES string of the molecule is CC(C)(C)OC(=O)N1CC[C@@H]2C(C=O)[C@@H]21. The van der Waals surface area contributed by atoms with Gasteiger partial charge >= 0.3 is 6.09 Å². The van der Waals surface area contributed by atoms with Gasteiger partial charge < -0.3 is 14.4 Å². The molecule has 0 aromatic carbocycles. The average Bonchev–Trinajstić information content (AvgIpc) is 2.60. The van der Waals surface area contributed by atoms with Gasteiger partial charge in [0.25, 0.3) is 0 Å². The summed E-state index contributed by atoms with van der Waals surface area (Å²) in [5.74, 6) is 0.460. The minimum Gasteiger partial charge on any atom is -0.444 e. The van der Waals surface area contributed by atoms with E-state index in [1.807, 2.05) is 20.8 Å². The number of carbonyl (C=O) groups is 2. The highest BCUT2D eigenvalue weighted by Crippen LogP contribution is 2.49. The molecule has 2 rings (SSSR count).